The SMILES string of the molecule is O=C(O)[C@@H]1CC(N2CCCCC2Cc2ccccc2)CN1C(=O)C(c1ccccc1)c1ccccc1. The molecule has 2 unspecified atom stereocenters. The second kappa shape index (κ2) is 11.1. The zero-order valence-corrected chi connectivity index (χ0v) is 20.6. The minimum atomic E-state index is -0.914. The van der Waals surface area contributed by atoms with Crippen molar-refractivity contribution in [2.45, 2.75) is 56.1 Å². The van der Waals surface area contributed by atoms with E-state index < -0.39 is 17.9 Å². The zero-order chi connectivity index (χ0) is 24.9. The molecule has 2 saturated heterocycles. The average molecular weight is 483 g/mol. The van der Waals surface area contributed by atoms with Crippen LogP contribution in [0, 0.1) is 0 Å². The molecule has 2 aliphatic heterocycles. The second-order valence-corrected chi connectivity index (χ2v) is 10.1. The summed E-state index contributed by atoms with van der Waals surface area (Å²) >= 11 is 0. The fourth-order valence-corrected chi connectivity index (χ4v) is 6.08. The number of likely N-dealkylation sites (tertiary alicyclic amines) is 2. The summed E-state index contributed by atoms with van der Waals surface area (Å²) in [5, 5.41) is 10.2. The Morgan fingerprint density at radius 2 is 1.42 bits per heavy atom. The highest BCUT2D eigenvalue weighted by atomic mass is 16.4. The van der Waals surface area contributed by atoms with Crippen molar-refractivity contribution in [2.75, 3.05) is 13.1 Å². The molecule has 2 heterocycles. The van der Waals surface area contributed by atoms with Crippen molar-refractivity contribution in [2.24, 2.45) is 0 Å². The predicted octanol–water partition coefficient (Wildman–Crippen LogP) is 4.97. The van der Waals surface area contributed by atoms with Crippen molar-refractivity contribution >= 4 is 11.9 Å². The van der Waals surface area contributed by atoms with Gasteiger partial charge in [0.25, 0.3) is 0 Å². The third kappa shape index (κ3) is 5.21. The second-order valence-electron chi connectivity index (χ2n) is 10.1. The lowest BCUT2D eigenvalue weighted by molar-refractivity contribution is -0.148. The van der Waals surface area contributed by atoms with Gasteiger partial charge in [-0.2, -0.15) is 0 Å². The van der Waals surface area contributed by atoms with Crippen LogP contribution < -0.4 is 0 Å². The van der Waals surface area contributed by atoms with Crippen molar-refractivity contribution in [1.82, 2.24) is 9.80 Å². The summed E-state index contributed by atoms with van der Waals surface area (Å²) in [5.74, 6) is -1.56. The Bertz CT molecular complexity index is 1110. The molecule has 36 heavy (non-hydrogen) atoms. The van der Waals surface area contributed by atoms with Gasteiger partial charge in [0.05, 0.1) is 5.92 Å². The molecular weight excluding hydrogens is 448 g/mol. The van der Waals surface area contributed by atoms with Crippen LogP contribution in [0.15, 0.2) is 91.0 Å². The van der Waals surface area contributed by atoms with Gasteiger partial charge in [0.15, 0.2) is 0 Å². The Kier molecular flexibility index (Phi) is 7.47. The van der Waals surface area contributed by atoms with Gasteiger partial charge in [0.2, 0.25) is 5.91 Å². The maximum atomic E-state index is 14.1. The van der Waals surface area contributed by atoms with Gasteiger partial charge in [-0.15, -0.1) is 0 Å². The summed E-state index contributed by atoms with van der Waals surface area (Å²) in [7, 11) is 0. The van der Waals surface area contributed by atoms with E-state index in [0.717, 1.165) is 36.9 Å². The van der Waals surface area contributed by atoms with Crippen molar-refractivity contribution < 1.29 is 14.7 Å². The summed E-state index contributed by atoms with van der Waals surface area (Å²) < 4.78 is 0. The molecule has 1 amide bonds. The van der Waals surface area contributed by atoms with Gasteiger partial charge >= 0.3 is 5.97 Å². The Labute approximate surface area is 213 Å². The molecule has 3 atom stereocenters. The van der Waals surface area contributed by atoms with Crippen molar-refractivity contribution in [3.63, 3.8) is 0 Å². The van der Waals surface area contributed by atoms with Gasteiger partial charge in [-0.3, -0.25) is 9.69 Å². The Morgan fingerprint density at radius 3 is 2.00 bits per heavy atom. The normalized spacial score (nSPS) is 22.6. The summed E-state index contributed by atoms with van der Waals surface area (Å²) in [5.41, 5.74) is 3.09. The van der Waals surface area contributed by atoms with Crippen molar-refractivity contribution in [3.8, 4) is 0 Å². The minimum Gasteiger partial charge on any atom is -0.480 e. The first-order valence-corrected chi connectivity index (χ1v) is 13.0. The largest absolute Gasteiger partial charge is 0.480 e. The van der Waals surface area contributed by atoms with E-state index in [1.165, 1.54) is 12.0 Å². The number of carboxylic acid groups (broad SMARTS) is 1. The molecule has 0 saturated carbocycles. The van der Waals surface area contributed by atoms with Gasteiger partial charge in [-0.25, -0.2) is 4.79 Å². The highest BCUT2D eigenvalue weighted by Crippen LogP contribution is 2.34. The maximum absolute atomic E-state index is 14.1. The molecule has 0 spiro atoms. The molecule has 3 aromatic carbocycles. The van der Waals surface area contributed by atoms with Crippen molar-refractivity contribution in [3.05, 3.63) is 108 Å². The van der Waals surface area contributed by atoms with E-state index >= 15 is 0 Å². The number of amides is 1. The van der Waals surface area contributed by atoms with Crippen LogP contribution in [-0.4, -0.2) is 58.0 Å². The van der Waals surface area contributed by atoms with Crippen LogP contribution in [0.5, 0.6) is 0 Å². The fraction of sp³-hybridized carbons (Fsp3) is 0.355. The molecule has 0 aliphatic carbocycles. The number of carbonyl (C=O) groups is 2. The van der Waals surface area contributed by atoms with E-state index in [1.807, 2.05) is 66.7 Å². The topological polar surface area (TPSA) is 60.9 Å². The Balaban J connectivity index is 1.41. The highest BCUT2D eigenvalue weighted by molar-refractivity contribution is 5.91. The molecule has 5 rings (SSSR count). The number of carbonyl (C=O) groups excluding carboxylic acids is 1. The van der Waals surface area contributed by atoms with Crippen molar-refractivity contribution in [1.29, 1.82) is 0 Å². The number of benzene rings is 3. The summed E-state index contributed by atoms with van der Waals surface area (Å²) in [4.78, 5) is 30.7. The van der Waals surface area contributed by atoms with Crippen LogP contribution in [0.1, 0.15) is 48.3 Å². The molecule has 1 N–H and O–H groups in total. The lowest BCUT2D eigenvalue weighted by Crippen LogP contribution is -2.49. The predicted molar refractivity (Wildman–Crippen MR) is 141 cm³/mol. The molecular formula is C31H34N2O3. The van der Waals surface area contributed by atoms with Crippen LogP contribution in [0.2, 0.25) is 0 Å². The quantitative estimate of drug-likeness (QED) is 0.517. The van der Waals surface area contributed by atoms with Crippen LogP contribution in [0.25, 0.3) is 0 Å². The number of carboxylic acids is 1. The molecule has 3 aromatic rings. The van der Waals surface area contributed by atoms with E-state index in [4.69, 9.17) is 0 Å². The molecule has 0 aromatic heterocycles. The van der Waals surface area contributed by atoms with Crippen LogP contribution in [0.4, 0.5) is 0 Å². The molecule has 2 aliphatic rings. The van der Waals surface area contributed by atoms with Gasteiger partial charge in [-0.05, 0) is 48.9 Å². The van der Waals surface area contributed by atoms with Gasteiger partial charge < -0.3 is 10.0 Å². The number of hydrogen-bond donors (Lipinski definition) is 1. The summed E-state index contributed by atoms with van der Waals surface area (Å²) in [6, 6.07) is 29.6. The number of hydrogen-bond acceptors (Lipinski definition) is 3. The third-order valence-electron chi connectivity index (χ3n) is 7.82. The lowest BCUT2D eigenvalue weighted by atomic mass is 9.90. The summed E-state index contributed by atoms with van der Waals surface area (Å²) in [6.45, 7) is 1.41. The van der Waals surface area contributed by atoms with Crippen LogP contribution in [0.3, 0.4) is 0 Å². The van der Waals surface area contributed by atoms with E-state index in [9.17, 15) is 14.7 Å². The molecule has 5 nitrogen and oxygen atoms in total. The van der Waals surface area contributed by atoms with E-state index in [2.05, 4.69) is 29.2 Å². The number of rotatable bonds is 7. The number of aliphatic carboxylic acids is 1. The highest BCUT2D eigenvalue weighted by Gasteiger charge is 2.45. The first-order valence-electron chi connectivity index (χ1n) is 13.0. The summed E-state index contributed by atoms with van der Waals surface area (Å²) in [6.07, 6.45) is 4.84. The molecule has 5 heteroatoms. The standard InChI is InChI=1S/C31H34N2O3/c34-30(29(24-14-6-2-7-15-24)25-16-8-3-9-17-25)33-22-27(21-28(33)31(35)36)32-19-11-10-18-26(32)20-23-12-4-1-5-13-23/h1-9,12-17,26-29H,10-11,18-22H2,(H,35,36)/t26?,27?,28-/m0/s1. The van der Waals surface area contributed by atoms with Gasteiger partial charge in [-0.1, -0.05) is 97.4 Å². The lowest BCUT2D eigenvalue weighted by Gasteiger charge is -2.40. The number of piperidine rings is 1. The Morgan fingerprint density at radius 1 is 0.833 bits per heavy atom. The van der Waals surface area contributed by atoms with Crippen LogP contribution >= 0.6 is 0 Å². The zero-order valence-electron chi connectivity index (χ0n) is 20.6. The van der Waals surface area contributed by atoms with Gasteiger partial charge in [0.1, 0.15) is 6.04 Å². The molecule has 0 radical (unpaired) electrons. The van der Waals surface area contributed by atoms with Gasteiger partial charge in [0, 0.05) is 18.6 Å². The first kappa shape index (κ1) is 24.3. The smallest absolute Gasteiger partial charge is 0.326 e. The monoisotopic (exact) mass is 482 g/mol. The molecule has 0 bridgehead atoms. The minimum absolute atomic E-state index is 0.0521. The maximum Gasteiger partial charge on any atom is 0.326 e. The third-order valence-corrected chi connectivity index (χ3v) is 7.82. The van der Waals surface area contributed by atoms with E-state index in [-0.39, 0.29) is 11.9 Å². The fourth-order valence-electron chi connectivity index (χ4n) is 6.08. The average Bonchev–Trinajstić information content (AvgIpc) is 3.37. The molecule has 2 fully saturated rings. The Hall–Kier alpha value is -3.44. The van der Waals surface area contributed by atoms with E-state index in [0.29, 0.717) is 19.0 Å². The number of nitrogens with zero attached hydrogens (tertiary/aromatic N) is 2. The first-order chi connectivity index (χ1) is 17.6. The molecule has 186 valence electrons. The van der Waals surface area contributed by atoms with E-state index in [1.54, 1.807) is 4.90 Å². The van der Waals surface area contributed by atoms with Crippen LogP contribution in [-0.2, 0) is 16.0 Å².